The van der Waals surface area contributed by atoms with Crippen LogP contribution in [0.4, 0.5) is 0 Å². The van der Waals surface area contributed by atoms with Crippen LogP contribution in [0.3, 0.4) is 0 Å². The zero-order valence-corrected chi connectivity index (χ0v) is 19.0. The lowest BCUT2D eigenvalue weighted by molar-refractivity contribution is 0.0696. The quantitative estimate of drug-likeness (QED) is 0.236. The summed E-state index contributed by atoms with van der Waals surface area (Å²) in [4.78, 5) is 11.0. The molecule has 166 valence electrons. The Labute approximate surface area is 179 Å². The van der Waals surface area contributed by atoms with E-state index in [4.69, 9.17) is 9.84 Å². The average molecular weight is 405 g/mol. The molecule has 0 aliphatic carbocycles. The van der Waals surface area contributed by atoms with E-state index in [9.17, 15) is 4.79 Å². The maximum atomic E-state index is 11.0. The molecule has 0 spiro atoms. The summed E-state index contributed by atoms with van der Waals surface area (Å²) in [7, 11) is 0. The molecule has 1 aromatic rings. The fourth-order valence-electron chi connectivity index (χ4n) is 3.81. The standard InChI is InChI=1S/C26H44O3/c1-3-4-5-6-7-8-9-10-11-12-13-14-15-16-17-18-21-29-24-19-20-25(26(27)28)23(2)22-24/h19-20,22H,3-18,21H2,1-2H3,(H,27,28). The molecule has 0 atom stereocenters. The summed E-state index contributed by atoms with van der Waals surface area (Å²) in [6.07, 6.45) is 21.9. The van der Waals surface area contributed by atoms with E-state index in [1.165, 1.54) is 96.3 Å². The van der Waals surface area contributed by atoms with Gasteiger partial charge in [0, 0.05) is 0 Å². The molecule has 0 aliphatic heterocycles. The van der Waals surface area contributed by atoms with Gasteiger partial charge in [-0.3, -0.25) is 0 Å². The van der Waals surface area contributed by atoms with E-state index in [1.807, 2.05) is 13.0 Å². The number of ether oxygens (including phenoxy) is 1. The van der Waals surface area contributed by atoms with E-state index in [1.54, 1.807) is 12.1 Å². The van der Waals surface area contributed by atoms with Gasteiger partial charge in [0.05, 0.1) is 12.2 Å². The van der Waals surface area contributed by atoms with Crippen LogP contribution in [0.25, 0.3) is 0 Å². The summed E-state index contributed by atoms with van der Waals surface area (Å²) in [5, 5.41) is 9.05. The normalized spacial score (nSPS) is 11.0. The molecule has 0 saturated carbocycles. The second-order valence-corrected chi connectivity index (χ2v) is 8.43. The van der Waals surface area contributed by atoms with Crippen LogP contribution < -0.4 is 4.74 Å². The first-order chi connectivity index (χ1) is 14.1. The van der Waals surface area contributed by atoms with Crippen molar-refractivity contribution in [3.63, 3.8) is 0 Å². The number of aryl methyl sites for hydroxylation is 1. The molecule has 0 aliphatic rings. The van der Waals surface area contributed by atoms with Crippen LogP contribution >= 0.6 is 0 Å². The Hall–Kier alpha value is -1.51. The molecule has 0 fully saturated rings. The van der Waals surface area contributed by atoms with Gasteiger partial charge in [0.15, 0.2) is 0 Å². The molecular formula is C26H44O3. The van der Waals surface area contributed by atoms with Gasteiger partial charge in [0.2, 0.25) is 0 Å². The molecule has 0 aromatic heterocycles. The number of rotatable bonds is 19. The molecule has 0 saturated heterocycles. The van der Waals surface area contributed by atoms with Crippen molar-refractivity contribution in [1.29, 1.82) is 0 Å². The van der Waals surface area contributed by atoms with E-state index < -0.39 is 5.97 Å². The lowest BCUT2D eigenvalue weighted by Gasteiger charge is -2.08. The Morgan fingerprint density at radius 1 is 0.759 bits per heavy atom. The predicted octanol–water partition coefficient (Wildman–Crippen LogP) is 8.33. The van der Waals surface area contributed by atoms with Gasteiger partial charge in [-0.15, -0.1) is 0 Å². The highest BCUT2D eigenvalue weighted by Crippen LogP contribution is 2.18. The van der Waals surface area contributed by atoms with Gasteiger partial charge in [-0.05, 0) is 37.1 Å². The Morgan fingerprint density at radius 3 is 1.62 bits per heavy atom. The first-order valence-electron chi connectivity index (χ1n) is 12.1. The summed E-state index contributed by atoms with van der Waals surface area (Å²) < 4.78 is 5.75. The SMILES string of the molecule is CCCCCCCCCCCCCCCCCCOc1ccc(C(=O)O)c(C)c1. The van der Waals surface area contributed by atoms with Crippen molar-refractivity contribution in [2.45, 2.75) is 117 Å². The summed E-state index contributed by atoms with van der Waals surface area (Å²) in [5.41, 5.74) is 1.10. The third kappa shape index (κ3) is 13.4. The largest absolute Gasteiger partial charge is 0.494 e. The second kappa shape index (κ2) is 17.4. The monoisotopic (exact) mass is 404 g/mol. The van der Waals surface area contributed by atoms with Crippen LogP contribution in [-0.4, -0.2) is 17.7 Å². The molecule has 3 heteroatoms. The minimum atomic E-state index is -0.883. The zero-order valence-electron chi connectivity index (χ0n) is 19.0. The fraction of sp³-hybridized carbons (Fsp3) is 0.731. The van der Waals surface area contributed by atoms with Gasteiger partial charge in [-0.1, -0.05) is 103 Å². The van der Waals surface area contributed by atoms with Crippen LogP contribution in [0, 0.1) is 6.92 Å². The van der Waals surface area contributed by atoms with Crippen LogP contribution in [0.1, 0.15) is 126 Å². The van der Waals surface area contributed by atoms with Crippen LogP contribution in [-0.2, 0) is 0 Å². The fourth-order valence-corrected chi connectivity index (χ4v) is 3.81. The van der Waals surface area contributed by atoms with Crippen LogP contribution in [0.15, 0.2) is 18.2 Å². The van der Waals surface area contributed by atoms with Crippen molar-refractivity contribution in [2.24, 2.45) is 0 Å². The molecule has 1 aromatic carbocycles. The maximum Gasteiger partial charge on any atom is 0.335 e. The number of carbonyl (C=O) groups is 1. The number of aromatic carboxylic acids is 1. The van der Waals surface area contributed by atoms with E-state index in [2.05, 4.69) is 6.92 Å². The molecule has 0 heterocycles. The van der Waals surface area contributed by atoms with Crippen LogP contribution in [0.5, 0.6) is 5.75 Å². The Morgan fingerprint density at radius 2 is 1.21 bits per heavy atom. The maximum absolute atomic E-state index is 11.0. The van der Waals surface area contributed by atoms with Crippen molar-refractivity contribution in [3.05, 3.63) is 29.3 Å². The molecule has 0 radical (unpaired) electrons. The van der Waals surface area contributed by atoms with Gasteiger partial charge >= 0.3 is 5.97 Å². The number of hydrogen-bond donors (Lipinski definition) is 1. The van der Waals surface area contributed by atoms with E-state index >= 15 is 0 Å². The number of carboxylic acids is 1. The molecule has 29 heavy (non-hydrogen) atoms. The van der Waals surface area contributed by atoms with Crippen molar-refractivity contribution in [1.82, 2.24) is 0 Å². The number of carboxylic acid groups (broad SMARTS) is 1. The molecule has 0 amide bonds. The van der Waals surface area contributed by atoms with Gasteiger partial charge in [-0.25, -0.2) is 4.79 Å². The van der Waals surface area contributed by atoms with Gasteiger partial charge in [0.1, 0.15) is 5.75 Å². The van der Waals surface area contributed by atoms with E-state index in [-0.39, 0.29) is 0 Å². The smallest absolute Gasteiger partial charge is 0.335 e. The minimum absolute atomic E-state index is 0.347. The van der Waals surface area contributed by atoms with Gasteiger partial charge in [0.25, 0.3) is 0 Å². The highest BCUT2D eigenvalue weighted by molar-refractivity contribution is 5.89. The van der Waals surface area contributed by atoms with Crippen molar-refractivity contribution >= 4 is 5.97 Å². The van der Waals surface area contributed by atoms with Crippen molar-refractivity contribution in [3.8, 4) is 5.75 Å². The highest BCUT2D eigenvalue weighted by atomic mass is 16.5. The Bertz CT molecular complexity index is 539. The molecule has 0 unspecified atom stereocenters. The number of hydrogen-bond acceptors (Lipinski definition) is 2. The first-order valence-corrected chi connectivity index (χ1v) is 12.1. The second-order valence-electron chi connectivity index (χ2n) is 8.43. The molecule has 1 N–H and O–H groups in total. The lowest BCUT2D eigenvalue weighted by Crippen LogP contribution is -2.02. The Kier molecular flexibility index (Phi) is 15.3. The first kappa shape index (κ1) is 25.5. The minimum Gasteiger partial charge on any atom is -0.494 e. The predicted molar refractivity (Wildman–Crippen MR) is 123 cm³/mol. The summed E-state index contributed by atoms with van der Waals surface area (Å²) >= 11 is 0. The van der Waals surface area contributed by atoms with E-state index in [0.29, 0.717) is 12.2 Å². The molecular weight excluding hydrogens is 360 g/mol. The summed E-state index contributed by atoms with van der Waals surface area (Å²) in [6.45, 7) is 4.80. The zero-order chi connectivity index (χ0) is 21.2. The topological polar surface area (TPSA) is 46.5 Å². The number of benzene rings is 1. The van der Waals surface area contributed by atoms with Crippen molar-refractivity contribution < 1.29 is 14.6 Å². The van der Waals surface area contributed by atoms with Crippen LogP contribution in [0.2, 0.25) is 0 Å². The van der Waals surface area contributed by atoms with E-state index in [0.717, 1.165) is 17.7 Å². The summed E-state index contributed by atoms with van der Waals surface area (Å²) in [5.74, 6) is -0.111. The van der Waals surface area contributed by atoms with Crippen molar-refractivity contribution in [2.75, 3.05) is 6.61 Å². The molecule has 3 nitrogen and oxygen atoms in total. The molecule has 1 rings (SSSR count). The lowest BCUT2D eigenvalue weighted by atomic mass is 10.0. The third-order valence-corrected chi connectivity index (χ3v) is 5.69. The third-order valence-electron chi connectivity index (χ3n) is 5.69. The number of unbranched alkanes of at least 4 members (excludes halogenated alkanes) is 15. The Balaban J connectivity index is 1.85. The highest BCUT2D eigenvalue weighted by Gasteiger charge is 2.07. The van der Waals surface area contributed by atoms with Gasteiger partial charge in [-0.2, -0.15) is 0 Å². The van der Waals surface area contributed by atoms with Gasteiger partial charge < -0.3 is 9.84 Å². The molecule has 0 bridgehead atoms. The summed E-state index contributed by atoms with van der Waals surface area (Å²) in [6, 6.07) is 5.19. The average Bonchev–Trinajstić information content (AvgIpc) is 2.70.